The molecule has 0 spiro atoms. The van der Waals surface area contributed by atoms with E-state index in [9.17, 15) is 0 Å². The molecule has 0 bridgehead atoms. The number of hydrogen-bond acceptors (Lipinski definition) is 5. The molecule has 5 nitrogen and oxygen atoms in total. The monoisotopic (exact) mass is 225 g/mol. The van der Waals surface area contributed by atoms with Gasteiger partial charge < -0.3 is 15.2 Å². The Morgan fingerprint density at radius 1 is 1.19 bits per heavy atom. The number of ether oxygens (including phenoxy) is 2. The fourth-order valence-electron chi connectivity index (χ4n) is 1.10. The van der Waals surface area contributed by atoms with E-state index in [1.807, 2.05) is 20.8 Å². The molecule has 90 valence electrons. The van der Waals surface area contributed by atoms with Gasteiger partial charge in [0.15, 0.2) is 0 Å². The van der Waals surface area contributed by atoms with Crippen molar-refractivity contribution in [3.8, 4) is 5.88 Å². The summed E-state index contributed by atoms with van der Waals surface area (Å²) < 4.78 is 11.0. The van der Waals surface area contributed by atoms with E-state index < -0.39 is 0 Å². The first-order chi connectivity index (χ1) is 7.53. The summed E-state index contributed by atoms with van der Waals surface area (Å²) >= 11 is 0. The van der Waals surface area contributed by atoms with Gasteiger partial charge in [-0.1, -0.05) is 0 Å². The Kier molecular flexibility index (Phi) is 4.64. The maximum absolute atomic E-state index is 5.52. The molecule has 1 aromatic rings. The molecule has 5 heteroatoms. The molecule has 0 aliphatic carbocycles. The topological polar surface area (TPSA) is 70.3 Å². The van der Waals surface area contributed by atoms with Gasteiger partial charge in [-0.3, -0.25) is 4.98 Å². The molecule has 0 amide bonds. The molecule has 1 heterocycles. The second-order valence-corrected chi connectivity index (χ2v) is 4.32. The minimum Gasteiger partial charge on any atom is -0.474 e. The zero-order valence-electron chi connectivity index (χ0n) is 10.1. The van der Waals surface area contributed by atoms with E-state index in [-0.39, 0.29) is 5.60 Å². The normalized spacial score (nSPS) is 11.5. The lowest BCUT2D eigenvalue weighted by molar-refractivity contribution is -0.0169. The molecular formula is C11H19N3O2. The average molecular weight is 225 g/mol. The van der Waals surface area contributed by atoms with E-state index >= 15 is 0 Å². The van der Waals surface area contributed by atoms with Gasteiger partial charge in [0.05, 0.1) is 12.2 Å². The van der Waals surface area contributed by atoms with Crippen molar-refractivity contribution in [1.82, 2.24) is 9.97 Å². The van der Waals surface area contributed by atoms with E-state index in [4.69, 9.17) is 15.2 Å². The van der Waals surface area contributed by atoms with Crippen molar-refractivity contribution in [2.45, 2.75) is 32.9 Å². The van der Waals surface area contributed by atoms with Gasteiger partial charge in [-0.05, 0) is 20.8 Å². The molecule has 0 aliphatic rings. The molecule has 1 aromatic heterocycles. The number of rotatable bonds is 5. The molecule has 0 radical (unpaired) electrons. The highest BCUT2D eigenvalue weighted by atomic mass is 16.5. The SMILES string of the molecule is CC(C)(C)OCCOc1nccnc1CN. The summed E-state index contributed by atoms with van der Waals surface area (Å²) in [5.41, 5.74) is 6.03. The van der Waals surface area contributed by atoms with Crippen LogP contribution in [-0.2, 0) is 11.3 Å². The van der Waals surface area contributed by atoms with Crippen molar-refractivity contribution in [2.24, 2.45) is 5.73 Å². The van der Waals surface area contributed by atoms with Gasteiger partial charge in [-0.2, -0.15) is 0 Å². The maximum atomic E-state index is 5.52. The maximum Gasteiger partial charge on any atom is 0.237 e. The van der Waals surface area contributed by atoms with Crippen molar-refractivity contribution in [3.05, 3.63) is 18.1 Å². The predicted molar refractivity (Wildman–Crippen MR) is 61.1 cm³/mol. The third-order valence-corrected chi connectivity index (χ3v) is 1.79. The second kappa shape index (κ2) is 5.77. The Hall–Kier alpha value is -1.20. The summed E-state index contributed by atoms with van der Waals surface area (Å²) in [4.78, 5) is 8.13. The van der Waals surface area contributed by atoms with Gasteiger partial charge in [0, 0.05) is 18.9 Å². The van der Waals surface area contributed by atoms with Crippen LogP contribution in [0.1, 0.15) is 26.5 Å². The summed E-state index contributed by atoms with van der Waals surface area (Å²) in [6.07, 6.45) is 3.18. The van der Waals surface area contributed by atoms with Gasteiger partial charge in [0.2, 0.25) is 5.88 Å². The molecule has 2 N–H and O–H groups in total. The highest BCUT2D eigenvalue weighted by molar-refractivity contribution is 5.16. The standard InChI is InChI=1S/C11H19N3O2/c1-11(2,3)16-7-6-15-10-9(8-12)13-4-5-14-10/h4-5H,6-8,12H2,1-3H3. The van der Waals surface area contributed by atoms with E-state index in [0.717, 1.165) is 0 Å². The first-order valence-electron chi connectivity index (χ1n) is 5.29. The molecule has 1 rings (SSSR count). The molecule has 0 aromatic carbocycles. The number of nitrogens with zero attached hydrogens (tertiary/aromatic N) is 2. The summed E-state index contributed by atoms with van der Waals surface area (Å²) in [7, 11) is 0. The van der Waals surface area contributed by atoms with Crippen LogP contribution in [0.4, 0.5) is 0 Å². The largest absolute Gasteiger partial charge is 0.474 e. The molecule has 0 saturated heterocycles. The van der Waals surface area contributed by atoms with Gasteiger partial charge >= 0.3 is 0 Å². The van der Waals surface area contributed by atoms with Gasteiger partial charge in [0.1, 0.15) is 12.3 Å². The minimum absolute atomic E-state index is 0.150. The highest BCUT2D eigenvalue weighted by Gasteiger charge is 2.10. The molecule has 0 atom stereocenters. The summed E-state index contributed by atoms with van der Waals surface area (Å²) in [6.45, 7) is 7.29. The lowest BCUT2D eigenvalue weighted by Gasteiger charge is -2.19. The van der Waals surface area contributed by atoms with Crippen LogP contribution in [0, 0.1) is 0 Å². The first kappa shape index (κ1) is 12.9. The third kappa shape index (κ3) is 4.55. The molecule has 0 unspecified atom stereocenters. The zero-order chi connectivity index (χ0) is 12.0. The van der Waals surface area contributed by atoms with Gasteiger partial charge in [-0.15, -0.1) is 0 Å². The summed E-state index contributed by atoms with van der Waals surface area (Å²) in [5.74, 6) is 0.488. The van der Waals surface area contributed by atoms with E-state index in [0.29, 0.717) is 31.3 Å². The Bertz CT molecular complexity index is 323. The van der Waals surface area contributed by atoms with Crippen molar-refractivity contribution in [2.75, 3.05) is 13.2 Å². The average Bonchev–Trinajstić information content (AvgIpc) is 2.23. The number of hydrogen-bond donors (Lipinski definition) is 1. The van der Waals surface area contributed by atoms with Crippen LogP contribution in [0.15, 0.2) is 12.4 Å². The molecule has 0 aliphatic heterocycles. The molecule has 0 saturated carbocycles. The quantitative estimate of drug-likeness (QED) is 0.761. The van der Waals surface area contributed by atoms with Crippen LogP contribution in [0.5, 0.6) is 5.88 Å². The minimum atomic E-state index is -0.150. The first-order valence-corrected chi connectivity index (χ1v) is 5.29. The number of nitrogens with two attached hydrogens (primary N) is 1. The summed E-state index contributed by atoms with van der Waals surface area (Å²) in [6, 6.07) is 0. The molecule has 0 fully saturated rings. The van der Waals surface area contributed by atoms with Crippen LogP contribution < -0.4 is 10.5 Å². The number of aromatic nitrogens is 2. The van der Waals surface area contributed by atoms with Crippen molar-refractivity contribution >= 4 is 0 Å². The van der Waals surface area contributed by atoms with Crippen LogP contribution in [0.3, 0.4) is 0 Å². The summed E-state index contributed by atoms with van der Waals surface area (Å²) in [5, 5.41) is 0. The smallest absolute Gasteiger partial charge is 0.237 e. The highest BCUT2D eigenvalue weighted by Crippen LogP contribution is 2.11. The van der Waals surface area contributed by atoms with Crippen LogP contribution in [0.2, 0.25) is 0 Å². The molecule has 16 heavy (non-hydrogen) atoms. The van der Waals surface area contributed by atoms with E-state index in [1.165, 1.54) is 0 Å². The van der Waals surface area contributed by atoms with Crippen molar-refractivity contribution < 1.29 is 9.47 Å². The zero-order valence-corrected chi connectivity index (χ0v) is 10.1. The Balaban J connectivity index is 2.37. The fourth-order valence-corrected chi connectivity index (χ4v) is 1.10. The lowest BCUT2D eigenvalue weighted by atomic mass is 10.2. The lowest BCUT2D eigenvalue weighted by Crippen LogP contribution is -2.23. The van der Waals surface area contributed by atoms with Crippen molar-refractivity contribution in [3.63, 3.8) is 0 Å². The Labute approximate surface area is 96.0 Å². The second-order valence-electron chi connectivity index (χ2n) is 4.32. The third-order valence-electron chi connectivity index (χ3n) is 1.79. The van der Waals surface area contributed by atoms with Crippen LogP contribution >= 0.6 is 0 Å². The van der Waals surface area contributed by atoms with Crippen LogP contribution in [-0.4, -0.2) is 28.8 Å². The Morgan fingerprint density at radius 3 is 2.50 bits per heavy atom. The fraction of sp³-hybridized carbons (Fsp3) is 0.636. The molecular weight excluding hydrogens is 206 g/mol. The Morgan fingerprint density at radius 2 is 1.88 bits per heavy atom. The van der Waals surface area contributed by atoms with Gasteiger partial charge in [0.25, 0.3) is 0 Å². The predicted octanol–water partition coefficient (Wildman–Crippen LogP) is 1.13. The van der Waals surface area contributed by atoms with E-state index in [2.05, 4.69) is 9.97 Å². The van der Waals surface area contributed by atoms with E-state index in [1.54, 1.807) is 12.4 Å². The van der Waals surface area contributed by atoms with Crippen molar-refractivity contribution in [1.29, 1.82) is 0 Å². The van der Waals surface area contributed by atoms with Crippen LogP contribution in [0.25, 0.3) is 0 Å². The van der Waals surface area contributed by atoms with Gasteiger partial charge in [-0.25, -0.2) is 4.98 Å².